The topological polar surface area (TPSA) is 139 Å². The van der Waals surface area contributed by atoms with Gasteiger partial charge in [0, 0.05) is 37.0 Å². The minimum absolute atomic E-state index is 0.0403. The number of halogens is 1. The summed E-state index contributed by atoms with van der Waals surface area (Å²) in [5.74, 6) is 1.16. The fourth-order valence-corrected chi connectivity index (χ4v) is 7.31. The second kappa shape index (κ2) is 10.3. The van der Waals surface area contributed by atoms with Gasteiger partial charge < -0.3 is 10.2 Å². The van der Waals surface area contributed by atoms with Gasteiger partial charge in [0.05, 0.1) is 39.6 Å². The average molecular weight is 628 g/mol. The van der Waals surface area contributed by atoms with Crippen molar-refractivity contribution < 1.29 is 13.2 Å². The van der Waals surface area contributed by atoms with E-state index in [4.69, 9.17) is 21.6 Å². The van der Waals surface area contributed by atoms with Gasteiger partial charge in [0.15, 0.2) is 5.69 Å². The number of aromatic nitrogens is 4. The second-order valence-electron chi connectivity index (χ2n) is 11.2. The Morgan fingerprint density at radius 2 is 1.86 bits per heavy atom. The largest absolute Gasteiger partial charge is 0.377 e. The minimum Gasteiger partial charge on any atom is -0.377 e. The first-order chi connectivity index (χ1) is 19.8. The molecule has 220 valence electrons. The second-order valence-corrected chi connectivity index (χ2v) is 14.4. The van der Waals surface area contributed by atoms with Gasteiger partial charge in [-0.05, 0) is 56.4 Å². The van der Waals surface area contributed by atoms with Crippen molar-refractivity contribution in [1.29, 1.82) is 0 Å². The van der Waals surface area contributed by atoms with Crippen molar-refractivity contribution in [3.05, 3.63) is 72.7 Å². The molecule has 4 atom stereocenters. The average Bonchev–Trinajstić information content (AvgIpc) is 3.20. The molecule has 4 heterocycles. The quantitative estimate of drug-likeness (QED) is 0.293. The molecule has 0 radical (unpaired) electrons. The number of aryl methyl sites for hydroxylation is 2. The van der Waals surface area contributed by atoms with Gasteiger partial charge in [-0.15, -0.1) is 11.3 Å². The molecule has 1 saturated carbocycles. The number of anilines is 2. The molecule has 42 heavy (non-hydrogen) atoms. The molecule has 3 aromatic heterocycles. The maximum atomic E-state index is 13.6. The molecule has 1 saturated heterocycles. The molecule has 1 aromatic carbocycles. The van der Waals surface area contributed by atoms with Gasteiger partial charge in [0.1, 0.15) is 5.15 Å². The van der Waals surface area contributed by atoms with E-state index in [1.165, 1.54) is 11.8 Å². The summed E-state index contributed by atoms with van der Waals surface area (Å²) in [4.78, 5) is 42.3. The summed E-state index contributed by atoms with van der Waals surface area (Å²) in [7, 11) is -2.07. The number of nitrogens with one attached hydrogen (secondary N) is 2. The normalized spacial score (nSPS) is 20.4. The number of rotatable bonds is 7. The zero-order valence-electron chi connectivity index (χ0n) is 23.7. The van der Waals surface area contributed by atoms with Crippen molar-refractivity contribution in [3.63, 3.8) is 0 Å². The Morgan fingerprint density at radius 1 is 1.14 bits per heavy atom. The number of fused-ring (bicyclic) bond motifs is 2. The fraction of sp³-hybridized carbons (Fsp3) is 0.393. The Morgan fingerprint density at radius 3 is 2.50 bits per heavy atom. The molecule has 1 unspecified atom stereocenters. The van der Waals surface area contributed by atoms with E-state index in [1.54, 1.807) is 29.0 Å². The van der Waals surface area contributed by atoms with Crippen LogP contribution in [-0.2, 0) is 17.1 Å². The fourth-order valence-electron chi connectivity index (χ4n) is 6.07. The lowest BCUT2D eigenvalue weighted by atomic mass is 10.0. The first-order valence-corrected chi connectivity index (χ1v) is 16.6. The number of sulfonamides is 1. The van der Waals surface area contributed by atoms with Gasteiger partial charge in [-0.1, -0.05) is 17.7 Å². The number of amides is 1. The SMILES string of the molecule is Cc1cc([C@@H](C)Nc2ccc(Cl)nc2C(=O)NS(C)(=O)=O)c2nc(N3C[C@@H]4C(c5csc(C)n5)[C@@H]4C3)n(C)c(=O)c2c1. The van der Waals surface area contributed by atoms with Crippen LogP contribution < -0.4 is 20.5 Å². The molecular formula is C28H30ClN7O4S2. The van der Waals surface area contributed by atoms with Crippen LogP contribution in [-0.4, -0.2) is 53.2 Å². The molecule has 2 fully saturated rings. The van der Waals surface area contributed by atoms with Crippen LogP contribution in [0.3, 0.4) is 0 Å². The van der Waals surface area contributed by atoms with Crippen LogP contribution >= 0.6 is 22.9 Å². The number of hydrogen-bond donors (Lipinski definition) is 2. The van der Waals surface area contributed by atoms with Crippen LogP contribution in [0.15, 0.2) is 34.4 Å². The van der Waals surface area contributed by atoms with E-state index in [9.17, 15) is 18.0 Å². The summed E-state index contributed by atoms with van der Waals surface area (Å²) in [5, 5.41) is 7.03. The number of nitrogens with zero attached hydrogens (tertiary/aromatic N) is 5. The molecule has 2 aliphatic rings. The molecule has 0 bridgehead atoms. The molecule has 1 aliphatic carbocycles. The Labute approximate surface area is 252 Å². The number of thiazole rings is 1. The van der Waals surface area contributed by atoms with Crippen LogP contribution in [0.4, 0.5) is 11.6 Å². The van der Waals surface area contributed by atoms with E-state index in [-0.39, 0.29) is 22.1 Å². The summed E-state index contributed by atoms with van der Waals surface area (Å²) in [6.45, 7) is 7.43. The highest BCUT2D eigenvalue weighted by atomic mass is 35.5. The Balaban J connectivity index is 1.33. The minimum atomic E-state index is -3.82. The Hall–Kier alpha value is -3.55. The summed E-state index contributed by atoms with van der Waals surface area (Å²) in [6, 6.07) is 6.43. The molecule has 4 aromatic rings. The lowest BCUT2D eigenvalue weighted by molar-refractivity contribution is 0.0977. The Kier molecular flexibility index (Phi) is 7.02. The number of carbonyl (C=O) groups excluding carboxylic acids is 1. The lowest BCUT2D eigenvalue weighted by Gasteiger charge is -2.25. The van der Waals surface area contributed by atoms with E-state index in [1.807, 2.05) is 37.6 Å². The monoisotopic (exact) mass is 627 g/mol. The van der Waals surface area contributed by atoms with Crippen molar-refractivity contribution >= 4 is 61.4 Å². The van der Waals surface area contributed by atoms with Crippen molar-refractivity contribution in [3.8, 4) is 0 Å². The predicted octanol–water partition coefficient (Wildman–Crippen LogP) is 3.77. The maximum Gasteiger partial charge on any atom is 0.285 e. The smallest absolute Gasteiger partial charge is 0.285 e. The van der Waals surface area contributed by atoms with Crippen LogP contribution in [0.25, 0.3) is 10.9 Å². The van der Waals surface area contributed by atoms with Crippen LogP contribution in [0.5, 0.6) is 0 Å². The van der Waals surface area contributed by atoms with Crippen molar-refractivity contribution in [2.24, 2.45) is 18.9 Å². The zero-order chi connectivity index (χ0) is 30.1. The van der Waals surface area contributed by atoms with Gasteiger partial charge >= 0.3 is 0 Å². The molecular weight excluding hydrogens is 598 g/mol. The molecule has 0 spiro atoms. The maximum absolute atomic E-state index is 13.6. The molecule has 1 amide bonds. The van der Waals surface area contributed by atoms with E-state index in [0.29, 0.717) is 34.6 Å². The van der Waals surface area contributed by atoms with Crippen molar-refractivity contribution in [2.75, 3.05) is 29.6 Å². The molecule has 14 heteroatoms. The van der Waals surface area contributed by atoms with E-state index < -0.39 is 22.0 Å². The summed E-state index contributed by atoms with van der Waals surface area (Å²) in [6.07, 6.45) is 0.887. The van der Waals surface area contributed by atoms with E-state index in [2.05, 4.69) is 20.6 Å². The van der Waals surface area contributed by atoms with Crippen molar-refractivity contribution in [2.45, 2.75) is 32.7 Å². The Bertz CT molecular complexity index is 1910. The standard InChI is InChI=1S/C28H30ClN7O4S2/c1-13-8-16(14(2)30-20-6-7-22(29)32-25(20)26(37)34-42(5,39)40)24-17(9-13)27(38)35(4)28(33-24)36-10-18-19(11-36)23(18)21-12-41-15(3)31-21/h6-9,12,14,18-19,23,30H,10-11H2,1-5H3,(H,34,37)/t14-,18-,19+,23?/m1/s1. The number of piperidine rings is 1. The third-order valence-electron chi connectivity index (χ3n) is 7.98. The first kappa shape index (κ1) is 28.6. The number of pyridine rings is 1. The van der Waals surface area contributed by atoms with Gasteiger partial charge in [-0.2, -0.15) is 0 Å². The first-order valence-electron chi connectivity index (χ1n) is 13.4. The third kappa shape index (κ3) is 5.25. The van der Waals surface area contributed by atoms with Gasteiger partial charge in [0.25, 0.3) is 11.5 Å². The number of benzene rings is 1. The third-order valence-corrected chi connectivity index (χ3v) is 9.54. The van der Waals surface area contributed by atoms with Crippen LogP contribution in [0.1, 0.15) is 51.2 Å². The number of carbonyl (C=O) groups is 1. The van der Waals surface area contributed by atoms with Crippen LogP contribution in [0, 0.1) is 25.7 Å². The molecule has 2 N–H and O–H groups in total. The molecule has 11 nitrogen and oxygen atoms in total. The number of hydrogen-bond acceptors (Lipinski definition) is 10. The molecule has 1 aliphatic heterocycles. The predicted molar refractivity (Wildman–Crippen MR) is 164 cm³/mol. The highest BCUT2D eigenvalue weighted by molar-refractivity contribution is 7.89. The van der Waals surface area contributed by atoms with E-state index in [0.717, 1.165) is 35.5 Å². The lowest BCUT2D eigenvalue weighted by Crippen LogP contribution is -2.32. The highest BCUT2D eigenvalue weighted by Gasteiger charge is 2.57. The summed E-state index contributed by atoms with van der Waals surface area (Å²) >= 11 is 7.71. The van der Waals surface area contributed by atoms with E-state index >= 15 is 0 Å². The zero-order valence-corrected chi connectivity index (χ0v) is 26.1. The summed E-state index contributed by atoms with van der Waals surface area (Å²) in [5.41, 5.74) is 3.36. The van der Waals surface area contributed by atoms with Gasteiger partial charge in [0.2, 0.25) is 16.0 Å². The van der Waals surface area contributed by atoms with Gasteiger partial charge in [-0.25, -0.2) is 28.1 Å². The van der Waals surface area contributed by atoms with Crippen LogP contribution in [0.2, 0.25) is 5.15 Å². The van der Waals surface area contributed by atoms with Crippen molar-refractivity contribution in [1.82, 2.24) is 24.2 Å². The highest BCUT2D eigenvalue weighted by Crippen LogP contribution is 2.58. The van der Waals surface area contributed by atoms with Gasteiger partial charge in [-0.3, -0.25) is 14.2 Å². The summed E-state index contributed by atoms with van der Waals surface area (Å²) < 4.78 is 26.9. The molecule has 6 rings (SSSR count).